The Bertz CT molecular complexity index is 1000. The number of para-hydroxylation sites is 1. The zero-order valence-corrected chi connectivity index (χ0v) is 15.3. The van der Waals surface area contributed by atoms with E-state index in [-0.39, 0.29) is 5.91 Å². The largest absolute Gasteiger partial charge is 0.342 e. The molecule has 0 atom stereocenters. The Morgan fingerprint density at radius 1 is 1.00 bits per heavy atom. The number of amides is 2. The topological polar surface area (TPSA) is 53.5 Å². The van der Waals surface area contributed by atoms with Gasteiger partial charge in [0.1, 0.15) is 0 Å². The predicted octanol–water partition coefficient (Wildman–Crippen LogP) is 3.12. The number of carbonyl (C=O) groups is 2. The van der Waals surface area contributed by atoms with E-state index in [1.54, 1.807) is 11.1 Å². The molecule has 0 aliphatic carbocycles. The van der Waals surface area contributed by atoms with E-state index in [1.807, 2.05) is 42.2 Å². The van der Waals surface area contributed by atoms with Gasteiger partial charge in [0.2, 0.25) is 6.41 Å². The zero-order chi connectivity index (χ0) is 18.8. The van der Waals surface area contributed by atoms with E-state index in [4.69, 9.17) is 0 Å². The van der Waals surface area contributed by atoms with Crippen molar-refractivity contribution < 1.29 is 9.59 Å². The Balaban J connectivity index is 1.63. The molecule has 0 spiro atoms. The Morgan fingerprint density at radius 2 is 1.78 bits per heavy atom. The van der Waals surface area contributed by atoms with Crippen LogP contribution in [-0.4, -0.2) is 53.3 Å². The van der Waals surface area contributed by atoms with Crippen LogP contribution in [0.3, 0.4) is 0 Å². The van der Waals surface area contributed by atoms with E-state index in [0.717, 1.165) is 34.0 Å². The van der Waals surface area contributed by atoms with Gasteiger partial charge in [0, 0.05) is 48.9 Å². The summed E-state index contributed by atoms with van der Waals surface area (Å²) in [6.07, 6.45) is 2.65. The van der Waals surface area contributed by atoms with E-state index in [0.29, 0.717) is 31.7 Å². The lowest BCUT2D eigenvalue weighted by Crippen LogP contribution is -2.48. The van der Waals surface area contributed by atoms with Crippen LogP contribution in [0.1, 0.15) is 15.9 Å². The van der Waals surface area contributed by atoms with Crippen molar-refractivity contribution in [2.24, 2.45) is 0 Å². The molecule has 5 nitrogen and oxygen atoms in total. The molecule has 4 rings (SSSR count). The van der Waals surface area contributed by atoms with Crippen LogP contribution in [0.5, 0.6) is 0 Å². The molecule has 1 saturated heterocycles. The predicted molar refractivity (Wildman–Crippen MR) is 105 cm³/mol. The molecule has 1 fully saturated rings. The van der Waals surface area contributed by atoms with Crippen molar-refractivity contribution in [1.82, 2.24) is 14.8 Å². The summed E-state index contributed by atoms with van der Waals surface area (Å²) in [5.41, 5.74) is 4.85. The lowest BCUT2D eigenvalue weighted by molar-refractivity contribution is -0.119. The number of nitrogens with zero attached hydrogens (tertiary/aromatic N) is 3. The monoisotopic (exact) mass is 359 g/mol. The van der Waals surface area contributed by atoms with Crippen molar-refractivity contribution >= 4 is 23.2 Å². The first-order valence-electron chi connectivity index (χ1n) is 9.11. The van der Waals surface area contributed by atoms with Crippen LogP contribution < -0.4 is 0 Å². The maximum atomic E-state index is 12.8. The fourth-order valence-electron chi connectivity index (χ4n) is 3.63. The molecule has 3 aromatic rings. The highest BCUT2D eigenvalue weighted by Gasteiger charge is 2.22. The second kappa shape index (κ2) is 7.19. The summed E-state index contributed by atoms with van der Waals surface area (Å²) in [6, 6.07) is 16.0. The van der Waals surface area contributed by atoms with Crippen molar-refractivity contribution in [3.8, 4) is 11.1 Å². The minimum atomic E-state index is 0.0197. The van der Waals surface area contributed by atoms with Gasteiger partial charge in [-0.15, -0.1) is 0 Å². The van der Waals surface area contributed by atoms with Crippen molar-refractivity contribution in [1.29, 1.82) is 0 Å². The van der Waals surface area contributed by atoms with Gasteiger partial charge in [-0.3, -0.25) is 14.6 Å². The molecule has 0 N–H and O–H groups in total. The molecule has 2 heterocycles. The van der Waals surface area contributed by atoms with Gasteiger partial charge in [0.25, 0.3) is 5.91 Å². The van der Waals surface area contributed by atoms with E-state index in [9.17, 15) is 9.59 Å². The number of hydrogen-bond acceptors (Lipinski definition) is 3. The molecule has 1 aromatic heterocycles. The molecule has 0 radical (unpaired) electrons. The average molecular weight is 359 g/mol. The van der Waals surface area contributed by atoms with Crippen LogP contribution in [0.2, 0.25) is 0 Å². The van der Waals surface area contributed by atoms with Gasteiger partial charge in [0.15, 0.2) is 0 Å². The van der Waals surface area contributed by atoms with Crippen molar-refractivity contribution in [3.05, 3.63) is 65.9 Å². The number of carbonyl (C=O) groups excluding carboxylic acids is 2. The highest BCUT2D eigenvalue weighted by atomic mass is 16.2. The van der Waals surface area contributed by atoms with Crippen molar-refractivity contribution in [2.45, 2.75) is 6.92 Å². The third kappa shape index (κ3) is 3.28. The highest BCUT2D eigenvalue weighted by molar-refractivity contribution is 5.97. The summed E-state index contributed by atoms with van der Waals surface area (Å²) in [7, 11) is 0. The summed E-state index contributed by atoms with van der Waals surface area (Å²) in [6.45, 7) is 4.36. The SMILES string of the molecule is Cc1cc(C(=O)N2CCN(C=O)CC2)ccc1-c1cccc2cccnc12. The standard InChI is InChI=1S/C22H21N3O2/c1-16-14-18(22(27)25-12-10-24(15-26)11-13-25)7-8-19(16)20-6-2-4-17-5-3-9-23-21(17)20/h2-9,14-15H,10-13H2,1H3. The maximum absolute atomic E-state index is 12.8. The number of fused-ring (bicyclic) bond motifs is 1. The molecule has 1 aliphatic rings. The van der Waals surface area contributed by atoms with E-state index in [2.05, 4.69) is 23.2 Å². The molecule has 0 unspecified atom stereocenters. The van der Waals surface area contributed by atoms with Crippen LogP contribution in [0.25, 0.3) is 22.0 Å². The third-order valence-electron chi connectivity index (χ3n) is 5.15. The van der Waals surface area contributed by atoms with Gasteiger partial charge in [-0.25, -0.2) is 0 Å². The first-order chi connectivity index (χ1) is 13.2. The van der Waals surface area contributed by atoms with Crippen LogP contribution >= 0.6 is 0 Å². The van der Waals surface area contributed by atoms with Gasteiger partial charge in [-0.2, -0.15) is 0 Å². The van der Waals surface area contributed by atoms with Crippen molar-refractivity contribution in [2.75, 3.05) is 26.2 Å². The summed E-state index contributed by atoms with van der Waals surface area (Å²) in [4.78, 5) is 31.7. The molecule has 27 heavy (non-hydrogen) atoms. The van der Waals surface area contributed by atoms with Crippen LogP contribution in [0.4, 0.5) is 0 Å². The minimum Gasteiger partial charge on any atom is -0.342 e. The Labute approximate surface area is 158 Å². The lowest BCUT2D eigenvalue weighted by Gasteiger charge is -2.32. The van der Waals surface area contributed by atoms with E-state index >= 15 is 0 Å². The van der Waals surface area contributed by atoms with Crippen molar-refractivity contribution in [3.63, 3.8) is 0 Å². The summed E-state index contributed by atoms with van der Waals surface area (Å²) >= 11 is 0. The van der Waals surface area contributed by atoms with Crippen LogP contribution in [0.15, 0.2) is 54.7 Å². The average Bonchev–Trinajstić information content (AvgIpc) is 2.73. The zero-order valence-electron chi connectivity index (χ0n) is 15.3. The van der Waals surface area contributed by atoms with Gasteiger partial charge in [-0.1, -0.05) is 30.3 Å². The normalized spacial score (nSPS) is 14.4. The summed E-state index contributed by atoms with van der Waals surface area (Å²) < 4.78 is 0. The van der Waals surface area contributed by atoms with E-state index in [1.165, 1.54) is 0 Å². The number of hydrogen-bond donors (Lipinski definition) is 0. The molecule has 2 aromatic carbocycles. The second-order valence-electron chi connectivity index (χ2n) is 6.84. The quantitative estimate of drug-likeness (QED) is 0.675. The molecule has 0 saturated carbocycles. The molecule has 2 amide bonds. The number of piperazine rings is 1. The molecular weight excluding hydrogens is 338 g/mol. The number of aryl methyl sites for hydroxylation is 1. The molecule has 5 heteroatoms. The van der Waals surface area contributed by atoms with Crippen LogP contribution in [-0.2, 0) is 4.79 Å². The van der Waals surface area contributed by atoms with Crippen LogP contribution in [0, 0.1) is 6.92 Å². The Morgan fingerprint density at radius 3 is 2.52 bits per heavy atom. The fourth-order valence-corrected chi connectivity index (χ4v) is 3.63. The maximum Gasteiger partial charge on any atom is 0.253 e. The molecule has 1 aliphatic heterocycles. The van der Waals surface area contributed by atoms with Gasteiger partial charge >= 0.3 is 0 Å². The minimum absolute atomic E-state index is 0.0197. The summed E-state index contributed by atoms with van der Waals surface area (Å²) in [5.74, 6) is 0.0197. The number of pyridine rings is 1. The smallest absolute Gasteiger partial charge is 0.253 e. The molecule has 0 bridgehead atoms. The second-order valence-corrected chi connectivity index (χ2v) is 6.84. The Kier molecular flexibility index (Phi) is 4.59. The van der Waals surface area contributed by atoms with E-state index < -0.39 is 0 Å². The first kappa shape index (κ1) is 17.2. The highest BCUT2D eigenvalue weighted by Crippen LogP contribution is 2.30. The number of benzene rings is 2. The van der Waals surface area contributed by atoms with Gasteiger partial charge < -0.3 is 9.80 Å². The van der Waals surface area contributed by atoms with Gasteiger partial charge in [0.05, 0.1) is 5.52 Å². The Hall–Kier alpha value is -3.21. The lowest BCUT2D eigenvalue weighted by atomic mass is 9.96. The summed E-state index contributed by atoms with van der Waals surface area (Å²) in [5, 5.41) is 1.10. The number of aromatic nitrogens is 1. The molecular formula is C22H21N3O2. The first-order valence-corrected chi connectivity index (χ1v) is 9.11. The fraction of sp³-hybridized carbons (Fsp3) is 0.227. The van der Waals surface area contributed by atoms with Gasteiger partial charge in [-0.05, 0) is 36.2 Å². The molecule has 136 valence electrons. The third-order valence-corrected chi connectivity index (χ3v) is 5.15. The number of rotatable bonds is 3.